The second-order valence-electron chi connectivity index (χ2n) is 4.56. The van der Waals surface area contributed by atoms with E-state index in [9.17, 15) is 4.79 Å². The largest absolute Gasteiger partial charge is 0.374 e. The molecule has 0 spiro atoms. The second-order valence-corrected chi connectivity index (χ2v) is 4.56. The number of nitrogens with one attached hydrogen (secondary N) is 1. The van der Waals surface area contributed by atoms with Gasteiger partial charge in [-0.15, -0.1) is 0 Å². The smallest absolute Gasteiger partial charge is 0.258 e. The summed E-state index contributed by atoms with van der Waals surface area (Å²) in [5.41, 5.74) is 0.0577. The molecule has 1 aromatic carbocycles. The number of hydrogen-bond donors (Lipinski definition) is 1. The topological polar surface area (TPSA) is 43.3 Å². The molecule has 1 saturated heterocycles. The van der Waals surface area contributed by atoms with Gasteiger partial charge in [0.15, 0.2) is 0 Å². The van der Waals surface area contributed by atoms with Gasteiger partial charge in [0.1, 0.15) is 0 Å². The van der Waals surface area contributed by atoms with Gasteiger partial charge >= 0.3 is 0 Å². The van der Waals surface area contributed by atoms with E-state index in [1.165, 1.54) is 0 Å². The van der Waals surface area contributed by atoms with E-state index in [0.717, 1.165) is 23.9 Å². The predicted molar refractivity (Wildman–Crippen MR) is 70.8 cm³/mol. The van der Waals surface area contributed by atoms with Crippen molar-refractivity contribution in [2.24, 2.45) is 0 Å². The SMILES string of the molecule is O=c1c2ccccc2ccn1CC1CNCCO1. The van der Waals surface area contributed by atoms with E-state index in [2.05, 4.69) is 5.32 Å². The fourth-order valence-corrected chi connectivity index (χ4v) is 2.33. The fraction of sp³-hybridized carbons (Fsp3) is 0.357. The molecular formula is C14H16N2O2. The average molecular weight is 244 g/mol. The van der Waals surface area contributed by atoms with Crippen LogP contribution in [0.1, 0.15) is 0 Å². The number of ether oxygens (including phenoxy) is 1. The molecule has 0 aliphatic carbocycles. The third-order valence-corrected chi connectivity index (χ3v) is 3.29. The van der Waals surface area contributed by atoms with Crippen molar-refractivity contribution in [3.63, 3.8) is 0 Å². The highest BCUT2D eigenvalue weighted by Gasteiger charge is 2.14. The van der Waals surface area contributed by atoms with E-state index >= 15 is 0 Å². The lowest BCUT2D eigenvalue weighted by Gasteiger charge is -2.24. The summed E-state index contributed by atoms with van der Waals surface area (Å²) < 4.78 is 7.36. The zero-order chi connectivity index (χ0) is 12.4. The molecule has 1 fully saturated rings. The van der Waals surface area contributed by atoms with E-state index in [1.807, 2.05) is 36.5 Å². The maximum absolute atomic E-state index is 12.3. The first kappa shape index (κ1) is 11.4. The molecule has 3 rings (SSSR count). The zero-order valence-electron chi connectivity index (χ0n) is 10.1. The molecule has 1 aliphatic heterocycles. The Morgan fingerprint density at radius 3 is 3.06 bits per heavy atom. The molecule has 4 heteroatoms. The summed E-state index contributed by atoms with van der Waals surface area (Å²) in [6.07, 6.45) is 1.93. The number of morpholine rings is 1. The summed E-state index contributed by atoms with van der Waals surface area (Å²) in [5.74, 6) is 0. The molecule has 1 unspecified atom stereocenters. The van der Waals surface area contributed by atoms with Gasteiger partial charge in [-0.25, -0.2) is 0 Å². The monoisotopic (exact) mass is 244 g/mol. The van der Waals surface area contributed by atoms with Gasteiger partial charge in [0.25, 0.3) is 5.56 Å². The second kappa shape index (κ2) is 4.92. The van der Waals surface area contributed by atoms with Gasteiger partial charge < -0.3 is 14.6 Å². The highest BCUT2D eigenvalue weighted by atomic mass is 16.5. The van der Waals surface area contributed by atoms with Crippen LogP contribution < -0.4 is 10.9 Å². The van der Waals surface area contributed by atoms with Crippen molar-refractivity contribution in [2.75, 3.05) is 19.7 Å². The molecule has 4 nitrogen and oxygen atoms in total. The van der Waals surface area contributed by atoms with Crippen molar-refractivity contribution in [1.82, 2.24) is 9.88 Å². The molecule has 2 aromatic rings. The first-order valence-corrected chi connectivity index (χ1v) is 6.25. The summed E-state index contributed by atoms with van der Waals surface area (Å²) in [6.45, 7) is 3.02. The Bertz CT molecular complexity index is 600. The first-order valence-electron chi connectivity index (χ1n) is 6.25. The van der Waals surface area contributed by atoms with E-state index in [0.29, 0.717) is 13.2 Å². The quantitative estimate of drug-likeness (QED) is 0.856. The van der Waals surface area contributed by atoms with Crippen LogP contribution in [0.15, 0.2) is 41.3 Å². The number of nitrogens with zero attached hydrogens (tertiary/aromatic N) is 1. The Morgan fingerprint density at radius 2 is 2.22 bits per heavy atom. The Hall–Kier alpha value is -1.65. The lowest BCUT2D eigenvalue weighted by molar-refractivity contribution is 0.0177. The molecule has 1 aromatic heterocycles. The van der Waals surface area contributed by atoms with Crippen molar-refractivity contribution in [1.29, 1.82) is 0 Å². The molecular weight excluding hydrogens is 228 g/mol. The lowest BCUT2D eigenvalue weighted by atomic mass is 10.2. The van der Waals surface area contributed by atoms with Crippen LogP contribution in [0, 0.1) is 0 Å². The van der Waals surface area contributed by atoms with Gasteiger partial charge in [0.05, 0.1) is 19.3 Å². The normalized spacial score (nSPS) is 20.1. The van der Waals surface area contributed by atoms with Crippen molar-refractivity contribution >= 4 is 10.8 Å². The Kier molecular flexibility index (Phi) is 3.13. The van der Waals surface area contributed by atoms with Crippen LogP contribution in [0.5, 0.6) is 0 Å². The van der Waals surface area contributed by atoms with Gasteiger partial charge in [-0.1, -0.05) is 18.2 Å². The summed E-state index contributed by atoms with van der Waals surface area (Å²) >= 11 is 0. The molecule has 2 heterocycles. The van der Waals surface area contributed by atoms with Crippen LogP contribution in [-0.2, 0) is 11.3 Å². The van der Waals surface area contributed by atoms with Gasteiger partial charge in [0.2, 0.25) is 0 Å². The average Bonchev–Trinajstić information content (AvgIpc) is 2.43. The van der Waals surface area contributed by atoms with Crippen LogP contribution in [0.2, 0.25) is 0 Å². The Morgan fingerprint density at radius 1 is 1.33 bits per heavy atom. The number of hydrogen-bond acceptors (Lipinski definition) is 3. The predicted octanol–water partition coefficient (Wildman–Crippen LogP) is 0.990. The minimum Gasteiger partial charge on any atom is -0.374 e. The standard InChI is InChI=1S/C14H16N2O2/c17-14-13-4-2-1-3-11(13)5-7-16(14)10-12-9-15-6-8-18-12/h1-5,7,12,15H,6,8-10H2. The van der Waals surface area contributed by atoms with Crippen LogP contribution in [-0.4, -0.2) is 30.4 Å². The van der Waals surface area contributed by atoms with Crippen molar-refractivity contribution in [3.05, 3.63) is 46.9 Å². The fourth-order valence-electron chi connectivity index (χ4n) is 2.33. The molecule has 1 N–H and O–H groups in total. The van der Waals surface area contributed by atoms with Gasteiger partial charge in [-0.3, -0.25) is 4.79 Å². The van der Waals surface area contributed by atoms with Crippen LogP contribution >= 0.6 is 0 Å². The summed E-state index contributed by atoms with van der Waals surface area (Å²) in [4.78, 5) is 12.3. The minimum atomic E-state index is 0.0577. The molecule has 0 bridgehead atoms. The van der Waals surface area contributed by atoms with Crippen molar-refractivity contribution in [2.45, 2.75) is 12.6 Å². The van der Waals surface area contributed by atoms with E-state index in [1.54, 1.807) is 4.57 Å². The number of fused-ring (bicyclic) bond motifs is 1. The molecule has 0 amide bonds. The minimum absolute atomic E-state index is 0.0577. The van der Waals surface area contributed by atoms with Gasteiger partial charge in [0, 0.05) is 24.7 Å². The number of aromatic nitrogens is 1. The van der Waals surface area contributed by atoms with E-state index in [4.69, 9.17) is 4.74 Å². The van der Waals surface area contributed by atoms with Crippen LogP contribution in [0.4, 0.5) is 0 Å². The molecule has 1 aliphatic rings. The number of benzene rings is 1. The maximum atomic E-state index is 12.3. The van der Waals surface area contributed by atoms with Crippen LogP contribution in [0.3, 0.4) is 0 Å². The summed E-state index contributed by atoms with van der Waals surface area (Å²) in [5, 5.41) is 5.03. The maximum Gasteiger partial charge on any atom is 0.258 e. The third kappa shape index (κ3) is 2.17. The highest BCUT2D eigenvalue weighted by molar-refractivity contribution is 5.81. The number of rotatable bonds is 2. The summed E-state index contributed by atoms with van der Waals surface area (Å²) in [7, 11) is 0. The first-order chi connectivity index (χ1) is 8.84. The lowest BCUT2D eigenvalue weighted by Crippen LogP contribution is -2.42. The molecule has 0 saturated carbocycles. The third-order valence-electron chi connectivity index (χ3n) is 3.29. The highest BCUT2D eigenvalue weighted by Crippen LogP contribution is 2.09. The van der Waals surface area contributed by atoms with E-state index in [-0.39, 0.29) is 11.7 Å². The Balaban J connectivity index is 1.92. The Labute approximate surface area is 105 Å². The van der Waals surface area contributed by atoms with Crippen LogP contribution in [0.25, 0.3) is 10.8 Å². The van der Waals surface area contributed by atoms with Crippen molar-refractivity contribution in [3.8, 4) is 0 Å². The summed E-state index contributed by atoms with van der Waals surface area (Å²) in [6, 6.07) is 9.65. The van der Waals surface area contributed by atoms with Gasteiger partial charge in [-0.2, -0.15) is 0 Å². The number of pyridine rings is 1. The van der Waals surface area contributed by atoms with E-state index < -0.39 is 0 Å². The molecule has 0 radical (unpaired) electrons. The van der Waals surface area contributed by atoms with Crippen molar-refractivity contribution < 1.29 is 4.74 Å². The molecule has 1 atom stereocenters. The molecule has 18 heavy (non-hydrogen) atoms. The zero-order valence-corrected chi connectivity index (χ0v) is 10.1. The van der Waals surface area contributed by atoms with Gasteiger partial charge in [-0.05, 0) is 17.5 Å². The molecule has 94 valence electrons.